The summed E-state index contributed by atoms with van der Waals surface area (Å²) in [6.07, 6.45) is -2.02. The highest BCUT2D eigenvalue weighted by Crippen LogP contribution is 2.31. The third-order valence-electron chi connectivity index (χ3n) is 5.99. The lowest BCUT2D eigenvalue weighted by Crippen LogP contribution is -2.53. The maximum absolute atomic E-state index is 14.5. The van der Waals surface area contributed by atoms with Crippen molar-refractivity contribution >= 4 is 5.91 Å². The van der Waals surface area contributed by atoms with Crippen LogP contribution >= 0.6 is 0 Å². The van der Waals surface area contributed by atoms with Gasteiger partial charge in [0.15, 0.2) is 0 Å². The molecule has 2 aliphatic rings. The molecule has 2 aromatic carbocycles. The monoisotopic (exact) mass is 450 g/mol. The van der Waals surface area contributed by atoms with Gasteiger partial charge >= 0.3 is 6.18 Å². The summed E-state index contributed by atoms with van der Waals surface area (Å²) >= 11 is 0. The molecule has 1 heterocycles. The zero-order valence-corrected chi connectivity index (χ0v) is 17.9. The van der Waals surface area contributed by atoms with Crippen LogP contribution in [0, 0.1) is 17.7 Å². The van der Waals surface area contributed by atoms with Crippen molar-refractivity contribution in [3.8, 4) is 5.75 Å². The molecule has 4 nitrogen and oxygen atoms in total. The molecule has 1 aliphatic carbocycles. The van der Waals surface area contributed by atoms with Crippen LogP contribution in [0.15, 0.2) is 42.5 Å². The first-order valence-electron chi connectivity index (χ1n) is 10.7. The topological polar surface area (TPSA) is 32.8 Å². The van der Waals surface area contributed by atoms with Crippen LogP contribution < -0.4 is 4.74 Å². The molecule has 0 atom stereocenters. The molecule has 0 aromatic heterocycles. The maximum Gasteiger partial charge on any atom is 0.416 e. The molecule has 8 heteroatoms. The maximum atomic E-state index is 14.5. The Balaban J connectivity index is 1.26. The van der Waals surface area contributed by atoms with Crippen molar-refractivity contribution in [1.29, 1.82) is 0 Å². The van der Waals surface area contributed by atoms with Crippen molar-refractivity contribution in [3.63, 3.8) is 0 Å². The summed E-state index contributed by atoms with van der Waals surface area (Å²) in [6, 6.07) is 9.34. The van der Waals surface area contributed by atoms with Crippen molar-refractivity contribution in [2.24, 2.45) is 11.8 Å². The zero-order valence-electron chi connectivity index (χ0n) is 17.9. The average molecular weight is 450 g/mol. The quantitative estimate of drug-likeness (QED) is 0.546. The minimum absolute atomic E-state index is 0.0307. The molecule has 32 heavy (non-hydrogen) atoms. The SMILES string of the molecule is CN(CC1CC1)C(=O)C1CN(Cc2ccc(OCc3cccc(C(F)(F)F)c3)cc2F)C1. The second-order valence-electron chi connectivity index (χ2n) is 8.79. The van der Waals surface area contributed by atoms with Gasteiger partial charge in [0.05, 0.1) is 11.5 Å². The van der Waals surface area contributed by atoms with E-state index >= 15 is 0 Å². The fourth-order valence-corrected chi connectivity index (χ4v) is 3.94. The summed E-state index contributed by atoms with van der Waals surface area (Å²) in [4.78, 5) is 16.2. The van der Waals surface area contributed by atoms with E-state index in [0.29, 0.717) is 36.7 Å². The lowest BCUT2D eigenvalue weighted by Gasteiger charge is -2.40. The third-order valence-corrected chi connectivity index (χ3v) is 5.99. The predicted octanol–water partition coefficient (Wildman–Crippen LogP) is 4.72. The van der Waals surface area contributed by atoms with Gasteiger partial charge < -0.3 is 9.64 Å². The Bertz CT molecular complexity index is 969. The van der Waals surface area contributed by atoms with Gasteiger partial charge in [-0.25, -0.2) is 4.39 Å². The van der Waals surface area contributed by atoms with Gasteiger partial charge in [-0.05, 0) is 42.5 Å². The van der Waals surface area contributed by atoms with Crippen LogP contribution in [0.25, 0.3) is 0 Å². The molecular weight excluding hydrogens is 424 g/mol. The van der Waals surface area contributed by atoms with E-state index in [2.05, 4.69) is 0 Å². The number of benzene rings is 2. The fourth-order valence-electron chi connectivity index (χ4n) is 3.94. The van der Waals surface area contributed by atoms with Gasteiger partial charge in [-0.2, -0.15) is 13.2 Å². The Morgan fingerprint density at radius 3 is 2.56 bits per heavy atom. The zero-order chi connectivity index (χ0) is 22.9. The summed E-state index contributed by atoms with van der Waals surface area (Å²) in [5, 5.41) is 0. The van der Waals surface area contributed by atoms with Gasteiger partial charge in [-0.3, -0.25) is 9.69 Å². The minimum Gasteiger partial charge on any atom is -0.489 e. The molecule has 1 saturated carbocycles. The van der Waals surface area contributed by atoms with E-state index in [4.69, 9.17) is 4.74 Å². The Hall–Kier alpha value is -2.61. The molecule has 0 bridgehead atoms. The molecule has 2 fully saturated rings. The number of carbonyl (C=O) groups excluding carboxylic acids is 1. The highest BCUT2D eigenvalue weighted by Gasteiger charge is 2.36. The van der Waals surface area contributed by atoms with Crippen molar-refractivity contribution in [2.45, 2.75) is 32.2 Å². The first-order valence-corrected chi connectivity index (χ1v) is 10.7. The molecule has 0 N–H and O–H groups in total. The van der Waals surface area contributed by atoms with E-state index < -0.39 is 17.6 Å². The summed E-state index contributed by atoms with van der Waals surface area (Å²) < 4.78 is 58.4. The second-order valence-corrected chi connectivity index (χ2v) is 8.79. The number of alkyl halides is 3. The number of nitrogens with zero attached hydrogens (tertiary/aromatic N) is 2. The van der Waals surface area contributed by atoms with E-state index in [9.17, 15) is 22.4 Å². The Kier molecular flexibility index (Phi) is 6.42. The van der Waals surface area contributed by atoms with Gasteiger partial charge in [0.25, 0.3) is 0 Å². The van der Waals surface area contributed by atoms with Gasteiger partial charge in [0.2, 0.25) is 5.91 Å². The first-order chi connectivity index (χ1) is 15.2. The highest BCUT2D eigenvalue weighted by molar-refractivity contribution is 5.80. The first kappa shape index (κ1) is 22.6. The molecule has 1 aliphatic heterocycles. The Morgan fingerprint density at radius 1 is 1.16 bits per heavy atom. The van der Waals surface area contributed by atoms with E-state index in [1.807, 2.05) is 16.8 Å². The molecule has 2 aromatic rings. The molecule has 0 unspecified atom stereocenters. The number of likely N-dealkylation sites (tertiary alicyclic amines) is 1. The average Bonchev–Trinajstić information content (AvgIpc) is 3.53. The van der Waals surface area contributed by atoms with E-state index in [0.717, 1.165) is 18.7 Å². The number of carbonyl (C=O) groups is 1. The van der Waals surface area contributed by atoms with E-state index in [-0.39, 0.29) is 24.2 Å². The lowest BCUT2D eigenvalue weighted by atomic mass is 9.97. The smallest absolute Gasteiger partial charge is 0.416 e. The second kappa shape index (κ2) is 9.10. The van der Waals surface area contributed by atoms with E-state index in [1.165, 1.54) is 31.0 Å². The summed E-state index contributed by atoms with van der Waals surface area (Å²) in [5.41, 5.74) is 0.103. The van der Waals surface area contributed by atoms with Gasteiger partial charge in [-0.1, -0.05) is 18.2 Å². The summed E-state index contributed by atoms with van der Waals surface area (Å²) in [5.74, 6) is 0.599. The minimum atomic E-state index is -4.42. The van der Waals surface area contributed by atoms with Crippen LogP contribution in [0.2, 0.25) is 0 Å². The third kappa shape index (κ3) is 5.59. The van der Waals surface area contributed by atoms with Crippen molar-refractivity contribution in [1.82, 2.24) is 9.80 Å². The van der Waals surface area contributed by atoms with Crippen LogP contribution in [0.5, 0.6) is 5.75 Å². The number of ether oxygens (including phenoxy) is 1. The molecule has 1 amide bonds. The van der Waals surface area contributed by atoms with Crippen LogP contribution in [-0.4, -0.2) is 42.4 Å². The standard InChI is InChI=1S/C24H26F4N2O2/c1-29(11-16-5-6-16)23(31)19-13-30(14-19)12-18-7-8-21(10-22(18)25)32-15-17-3-2-4-20(9-17)24(26,27)28/h2-4,7-10,16,19H,5-6,11-15H2,1H3. The number of amides is 1. The Labute approximate surface area is 184 Å². The molecule has 0 radical (unpaired) electrons. The molecule has 1 saturated heterocycles. The molecule has 172 valence electrons. The van der Waals surface area contributed by atoms with Crippen LogP contribution in [-0.2, 0) is 24.1 Å². The number of hydrogen-bond donors (Lipinski definition) is 0. The van der Waals surface area contributed by atoms with Crippen molar-refractivity contribution < 1.29 is 27.1 Å². The number of hydrogen-bond acceptors (Lipinski definition) is 3. The van der Waals surface area contributed by atoms with Gasteiger partial charge in [0, 0.05) is 44.9 Å². The molecular formula is C24H26F4N2O2. The highest BCUT2D eigenvalue weighted by atomic mass is 19.4. The Morgan fingerprint density at radius 2 is 1.91 bits per heavy atom. The van der Waals surface area contributed by atoms with Crippen LogP contribution in [0.3, 0.4) is 0 Å². The van der Waals surface area contributed by atoms with Gasteiger partial charge in [-0.15, -0.1) is 0 Å². The van der Waals surface area contributed by atoms with Crippen LogP contribution in [0.1, 0.15) is 29.5 Å². The molecule has 0 spiro atoms. The van der Waals surface area contributed by atoms with E-state index in [1.54, 1.807) is 12.1 Å². The largest absolute Gasteiger partial charge is 0.489 e. The summed E-state index contributed by atoms with van der Waals surface area (Å²) in [7, 11) is 1.85. The predicted molar refractivity (Wildman–Crippen MR) is 111 cm³/mol. The normalized spacial score (nSPS) is 17.2. The summed E-state index contributed by atoms with van der Waals surface area (Å²) in [6.45, 7) is 2.36. The van der Waals surface area contributed by atoms with Crippen LogP contribution in [0.4, 0.5) is 17.6 Å². The number of rotatable bonds is 8. The molecule has 4 rings (SSSR count). The van der Waals surface area contributed by atoms with Crippen molar-refractivity contribution in [2.75, 3.05) is 26.7 Å². The van der Waals surface area contributed by atoms with Crippen molar-refractivity contribution in [3.05, 3.63) is 65.0 Å². The fraction of sp³-hybridized carbons (Fsp3) is 0.458. The lowest BCUT2D eigenvalue weighted by molar-refractivity contribution is -0.140. The number of halogens is 4. The van der Waals surface area contributed by atoms with Gasteiger partial charge in [0.1, 0.15) is 18.2 Å².